The van der Waals surface area contributed by atoms with Gasteiger partial charge in [0.2, 0.25) is 0 Å². The van der Waals surface area contributed by atoms with E-state index in [4.69, 9.17) is 12.2 Å². The lowest BCUT2D eigenvalue weighted by molar-refractivity contribution is 0.460. The van der Waals surface area contributed by atoms with E-state index >= 15 is 0 Å². The fourth-order valence-corrected chi connectivity index (χ4v) is 2.91. The van der Waals surface area contributed by atoms with Crippen molar-refractivity contribution in [1.82, 2.24) is 16.2 Å². The van der Waals surface area contributed by atoms with Crippen molar-refractivity contribution in [3.63, 3.8) is 0 Å². The predicted octanol–water partition coefficient (Wildman–Crippen LogP) is 3.46. The van der Waals surface area contributed by atoms with E-state index in [1.807, 2.05) is 6.07 Å². The van der Waals surface area contributed by atoms with Crippen LogP contribution in [0, 0.1) is 5.41 Å². The van der Waals surface area contributed by atoms with E-state index in [-0.39, 0.29) is 5.41 Å². The fraction of sp³-hybridized carbons (Fsp3) is 0.389. The number of hydrogen-bond donors (Lipinski definition) is 3. The van der Waals surface area contributed by atoms with Crippen LogP contribution in [0.4, 0.5) is 0 Å². The molecule has 0 spiro atoms. The quantitative estimate of drug-likeness (QED) is 0.574. The van der Waals surface area contributed by atoms with E-state index < -0.39 is 0 Å². The molecule has 4 heteroatoms. The molecule has 3 nitrogen and oxygen atoms in total. The second kappa shape index (κ2) is 7.45. The Morgan fingerprint density at radius 1 is 1.23 bits per heavy atom. The van der Waals surface area contributed by atoms with Crippen LogP contribution in [0.1, 0.15) is 32.8 Å². The lowest BCUT2D eigenvalue weighted by Crippen LogP contribution is -2.44. The molecule has 1 aliphatic carbocycles. The van der Waals surface area contributed by atoms with Gasteiger partial charge in [0, 0.05) is 6.54 Å². The minimum atomic E-state index is 0.186. The number of rotatable bonds is 5. The summed E-state index contributed by atoms with van der Waals surface area (Å²) >= 11 is 5.29. The van der Waals surface area contributed by atoms with Gasteiger partial charge < -0.3 is 5.32 Å². The van der Waals surface area contributed by atoms with Gasteiger partial charge >= 0.3 is 0 Å². The highest BCUT2D eigenvalue weighted by atomic mass is 32.1. The number of nitrogens with one attached hydrogen (secondary N) is 3. The maximum atomic E-state index is 5.29. The molecule has 1 aromatic carbocycles. The summed E-state index contributed by atoms with van der Waals surface area (Å²) in [7, 11) is 0. The molecule has 3 N–H and O–H groups in total. The Morgan fingerprint density at radius 3 is 2.64 bits per heavy atom. The van der Waals surface area contributed by atoms with Crippen LogP contribution in [0.3, 0.4) is 0 Å². The Hall–Kier alpha value is -1.81. The first-order valence-corrected chi connectivity index (χ1v) is 8.09. The van der Waals surface area contributed by atoms with Crippen LogP contribution in [-0.4, -0.2) is 11.7 Å². The Labute approximate surface area is 138 Å². The van der Waals surface area contributed by atoms with Crippen LogP contribution in [0.25, 0.3) is 0 Å². The third kappa shape index (κ3) is 5.53. The summed E-state index contributed by atoms with van der Waals surface area (Å²) in [5, 5.41) is 3.83. The van der Waals surface area contributed by atoms with Crippen LogP contribution in [0.5, 0.6) is 0 Å². The molecule has 0 fully saturated rings. The number of allylic oxidation sites excluding steroid dienone is 3. The molecule has 0 saturated carbocycles. The van der Waals surface area contributed by atoms with Gasteiger partial charge in [0.05, 0.1) is 5.70 Å². The van der Waals surface area contributed by atoms with Gasteiger partial charge in [0.1, 0.15) is 0 Å². The zero-order valence-corrected chi connectivity index (χ0v) is 14.4. The molecule has 0 aromatic heterocycles. The highest BCUT2D eigenvalue weighted by Gasteiger charge is 2.20. The number of thiocarbonyl (C=S) groups is 1. The second-order valence-electron chi connectivity index (χ2n) is 6.50. The molecule has 2 rings (SSSR count). The van der Waals surface area contributed by atoms with Crippen molar-refractivity contribution in [1.29, 1.82) is 0 Å². The molecule has 0 unspecified atom stereocenters. The highest BCUT2D eigenvalue weighted by molar-refractivity contribution is 7.80. The van der Waals surface area contributed by atoms with E-state index in [1.165, 1.54) is 11.1 Å². The molecule has 118 valence electrons. The van der Waals surface area contributed by atoms with Crippen molar-refractivity contribution >= 4 is 17.3 Å². The number of hydrogen-bond acceptors (Lipinski definition) is 2. The summed E-state index contributed by atoms with van der Waals surface area (Å²) in [6.07, 6.45) is 6.44. The Balaban J connectivity index is 1.73. The van der Waals surface area contributed by atoms with E-state index in [9.17, 15) is 0 Å². The first kappa shape index (κ1) is 16.6. The van der Waals surface area contributed by atoms with Crippen LogP contribution in [0.15, 0.2) is 53.8 Å². The molecule has 0 atom stereocenters. The summed E-state index contributed by atoms with van der Waals surface area (Å²) in [6, 6.07) is 10.4. The van der Waals surface area contributed by atoms with Gasteiger partial charge in [0.15, 0.2) is 5.11 Å². The maximum absolute atomic E-state index is 5.29. The maximum Gasteiger partial charge on any atom is 0.185 e. The molecule has 0 aliphatic heterocycles. The fourth-order valence-electron chi connectivity index (χ4n) is 2.76. The van der Waals surface area contributed by atoms with E-state index in [0.29, 0.717) is 5.11 Å². The third-order valence-corrected chi connectivity index (χ3v) is 3.79. The normalized spacial score (nSPS) is 16.3. The average molecular weight is 315 g/mol. The molecular formula is C18H25N3S. The van der Waals surface area contributed by atoms with Gasteiger partial charge in [-0.25, -0.2) is 0 Å². The zero-order valence-electron chi connectivity index (χ0n) is 13.6. The summed E-state index contributed by atoms with van der Waals surface area (Å²) in [5.74, 6) is 0. The monoisotopic (exact) mass is 315 g/mol. The van der Waals surface area contributed by atoms with Gasteiger partial charge in [-0.05, 0) is 49.0 Å². The highest BCUT2D eigenvalue weighted by Crippen LogP contribution is 2.31. The third-order valence-electron chi connectivity index (χ3n) is 3.55. The van der Waals surface area contributed by atoms with Crippen LogP contribution in [0.2, 0.25) is 0 Å². The minimum Gasteiger partial charge on any atom is -0.361 e. The van der Waals surface area contributed by atoms with Gasteiger partial charge in [-0.2, -0.15) is 0 Å². The zero-order chi connectivity index (χ0) is 16.0. The van der Waals surface area contributed by atoms with Gasteiger partial charge in [0.25, 0.3) is 0 Å². The molecule has 0 heterocycles. The first-order valence-electron chi connectivity index (χ1n) is 7.68. The van der Waals surface area contributed by atoms with E-state index in [1.54, 1.807) is 0 Å². The molecular weight excluding hydrogens is 290 g/mol. The number of hydrazine groups is 1. The standard InChI is InChI=1S/C18H25N3S/c1-14-11-16(13-18(2,3)12-14)20-21-17(22)19-10-9-15-7-5-4-6-8-15/h4-8,11,13,20H,9-10,12H2,1-3H3,(H2,19,21,22). The van der Waals surface area contributed by atoms with Gasteiger partial charge in [-0.1, -0.05) is 55.8 Å². The van der Waals surface area contributed by atoms with E-state index in [0.717, 1.165) is 25.1 Å². The van der Waals surface area contributed by atoms with Crippen molar-refractivity contribution in [3.05, 3.63) is 59.3 Å². The molecule has 1 aliphatic rings. The van der Waals surface area contributed by atoms with Crippen LogP contribution >= 0.6 is 12.2 Å². The predicted molar refractivity (Wildman–Crippen MR) is 97.3 cm³/mol. The van der Waals surface area contributed by atoms with E-state index in [2.05, 4.69) is 73.4 Å². The van der Waals surface area contributed by atoms with Crippen LogP contribution in [-0.2, 0) is 6.42 Å². The lowest BCUT2D eigenvalue weighted by atomic mass is 9.82. The van der Waals surface area contributed by atoms with Crippen molar-refractivity contribution in [3.8, 4) is 0 Å². The van der Waals surface area contributed by atoms with Gasteiger partial charge in [-0.3, -0.25) is 10.9 Å². The SMILES string of the molecule is CC1=CC(NNC(=S)NCCc2ccccc2)=CC(C)(C)C1. The van der Waals surface area contributed by atoms with Crippen molar-refractivity contribution in [2.45, 2.75) is 33.6 Å². The topological polar surface area (TPSA) is 36.1 Å². The molecule has 0 radical (unpaired) electrons. The minimum absolute atomic E-state index is 0.186. The largest absolute Gasteiger partial charge is 0.361 e. The Kier molecular flexibility index (Phi) is 5.61. The smallest absolute Gasteiger partial charge is 0.185 e. The summed E-state index contributed by atoms with van der Waals surface area (Å²) < 4.78 is 0. The summed E-state index contributed by atoms with van der Waals surface area (Å²) in [6.45, 7) is 7.45. The van der Waals surface area contributed by atoms with Crippen molar-refractivity contribution < 1.29 is 0 Å². The second-order valence-corrected chi connectivity index (χ2v) is 6.91. The molecule has 22 heavy (non-hydrogen) atoms. The summed E-state index contributed by atoms with van der Waals surface area (Å²) in [5.41, 5.74) is 10.2. The number of benzene rings is 1. The molecule has 1 aromatic rings. The molecule has 0 saturated heterocycles. The van der Waals surface area contributed by atoms with Gasteiger partial charge in [-0.15, -0.1) is 0 Å². The first-order chi connectivity index (χ1) is 10.4. The molecule has 0 bridgehead atoms. The van der Waals surface area contributed by atoms with Crippen LogP contribution < -0.4 is 16.2 Å². The average Bonchev–Trinajstić information content (AvgIpc) is 2.44. The Morgan fingerprint density at radius 2 is 1.95 bits per heavy atom. The Bertz CT molecular complexity index is 573. The van der Waals surface area contributed by atoms with Crippen molar-refractivity contribution in [2.24, 2.45) is 5.41 Å². The molecule has 0 amide bonds. The van der Waals surface area contributed by atoms with Crippen molar-refractivity contribution in [2.75, 3.05) is 6.54 Å². The summed E-state index contributed by atoms with van der Waals surface area (Å²) in [4.78, 5) is 0. The lowest BCUT2D eigenvalue weighted by Gasteiger charge is -2.27.